The number of amides is 1. The van der Waals surface area contributed by atoms with Crippen LogP contribution in [0.4, 0.5) is 5.69 Å². The number of hydrogen-bond donors (Lipinski definition) is 2. The molecule has 2 rings (SSSR count). The number of carbonyl (C=O) groups excluding carboxylic acids is 1. The van der Waals surface area contributed by atoms with E-state index < -0.39 is 18.5 Å². The van der Waals surface area contributed by atoms with Crippen molar-refractivity contribution in [2.24, 2.45) is 0 Å². The molecule has 0 heterocycles. The van der Waals surface area contributed by atoms with Gasteiger partial charge in [0.2, 0.25) is 0 Å². The predicted molar refractivity (Wildman–Crippen MR) is 109 cm³/mol. The van der Waals surface area contributed by atoms with Crippen molar-refractivity contribution in [2.45, 2.75) is 13.3 Å². The van der Waals surface area contributed by atoms with Crippen LogP contribution in [0.2, 0.25) is 5.02 Å². The molecular formula is C21H19ClN2O5. The van der Waals surface area contributed by atoms with Gasteiger partial charge in [0.1, 0.15) is 11.6 Å². The summed E-state index contributed by atoms with van der Waals surface area (Å²) in [6.07, 6.45) is 2.23. The molecule has 7 nitrogen and oxygen atoms in total. The first-order valence-corrected chi connectivity index (χ1v) is 9.00. The quantitative estimate of drug-likeness (QED) is 0.500. The minimum absolute atomic E-state index is 0.0627. The molecule has 29 heavy (non-hydrogen) atoms. The monoisotopic (exact) mass is 414 g/mol. The molecular weight excluding hydrogens is 396 g/mol. The highest BCUT2D eigenvalue weighted by atomic mass is 35.5. The van der Waals surface area contributed by atoms with Crippen LogP contribution in [-0.2, 0) is 16.0 Å². The van der Waals surface area contributed by atoms with E-state index in [4.69, 9.17) is 26.2 Å². The number of hydrogen-bond acceptors (Lipinski definition) is 5. The van der Waals surface area contributed by atoms with Crippen LogP contribution in [0, 0.1) is 11.3 Å². The number of anilines is 1. The van der Waals surface area contributed by atoms with E-state index in [1.807, 2.05) is 25.1 Å². The van der Waals surface area contributed by atoms with Crippen LogP contribution in [-0.4, -0.2) is 30.7 Å². The molecule has 2 N–H and O–H groups in total. The van der Waals surface area contributed by atoms with Crippen LogP contribution < -0.4 is 14.8 Å². The van der Waals surface area contributed by atoms with Gasteiger partial charge in [-0.2, -0.15) is 5.26 Å². The van der Waals surface area contributed by atoms with E-state index >= 15 is 0 Å². The molecule has 0 unspecified atom stereocenters. The lowest BCUT2D eigenvalue weighted by Crippen LogP contribution is -2.13. The minimum Gasteiger partial charge on any atom is -0.493 e. The first-order chi connectivity index (χ1) is 13.9. The number of rotatable bonds is 8. The zero-order chi connectivity index (χ0) is 21.4. The molecule has 150 valence electrons. The van der Waals surface area contributed by atoms with Crippen molar-refractivity contribution in [1.82, 2.24) is 0 Å². The van der Waals surface area contributed by atoms with Crippen LogP contribution in [0.1, 0.15) is 18.1 Å². The van der Waals surface area contributed by atoms with Gasteiger partial charge in [-0.15, -0.1) is 0 Å². The highest BCUT2D eigenvalue weighted by Crippen LogP contribution is 2.37. The third kappa shape index (κ3) is 5.99. The molecule has 0 aliphatic rings. The van der Waals surface area contributed by atoms with Crippen molar-refractivity contribution in [3.63, 3.8) is 0 Å². The van der Waals surface area contributed by atoms with Gasteiger partial charge in [0, 0.05) is 5.69 Å². The number of benzene rings is 2. The normalized spacial score (nSPS) is 10.8. The summed E-state index contributed by atoms with van der Waals surface area (Å²) in [6, 6.07) is 12.1. The summed E-state index contributed by atoms with van der Waals surface area (Å²) in [5.74, 6) is -1.49. The van der Waals surface area contributed by atoms with Crippen molar-refractivity contribution in [1.29, 1.82) is 5.26 Å². The number of nitriles is 1. The highest BCUT2D eigenvalue weighted by molar-refractivity contribution is 6.32. The van der Waals surface area contributed by atoms with Crippen molar-refractivity contribution in [2.75, 3.05) is 19.0 Å². The van der Waals surface area contributed by atoms with Crippen molar-refractivity contribution >= 4 is 35.2 Å². The van der Waals surface area contributed by atoms with Gasteiger partial charge in [0.05, 0.1) is 12.1 Å². The topological polar surface area (TPSA) is 109 Å². The first kappa shape index (κ1) is 21.8. The van der Waals surface area contributed by atoms with Crippen LogP contribution in [0.3, 0.4) is 0 Å². The summed E-state index contributed by atoms with van der Waals surface area (Å²) in [6.45, 7) is 1.44. The molecule has 0 aliphatic heterocycles. The molecule has 2 aromatic carbocycles. The van der Waals surface area contributed by atoms with Gasteiger partial charge in [-0.3, -0.25) is 4.79 Å². The molecule has 1 amide bonds. The van der Waals surface area contributed by atoms with Crippen molar-refractivity contribution < 1.29 is 24.2 Å². The molecule has 2 aromatic rings. The van der Waals surface area contributed by atoms with Gasteiger partial charge in [-0.1, -0.05) is 30.7 Å². The maximum absolute atomic E-state index is 12.4. The number of nitrogens with one attached hydrogen (secondary N) is 1. The fourth-order valence-corrected chi connectivity index (χ4v) is 2.71. The Bertz CT molecular complexity index is 978. The molecule has 0 atom stereocenters. The fraction of sp³-hybridized carbons (Fsp3) is 0.190. The van der Waals surface area contributed by atoms with Gasteiger partial charge in [0.25, 0.3) is 5.91 Å². The first-order valence-electron chi connectivity index (χ1n) is 8.62. The largest absolute Gasteiger partial charge is 0.493 e. The van der Waals surface area contributed by atoms with E-state index in [0.29, 0.717) is 11.3 Å². The smallest absolute Gasteiger partial charge is 0.341 e. The molecule has 0 bridgehead atoms. The predicted octanol–water partition coefficient (Wildman–Crippen LogP) is 3.92. The Kier molecular flexibility index (Phi) is 7.63. The molecule has 0 saturated heterocycles. The number of ether oxygens (including phenoxy) is 2. The van der Waals surface area contributed by atoms with E-state index in [-0.39, 0.29) is 22.1 Å². The molecule has 0 spiro atoms. The lowest BCUT2D eigenvalue weighted by atomic mass is 10.1. The number of aryl methyl sites for hydroxylation is 1. The standard InChI is InChI=1S/C21H19ClN2O5/c1-3-13-4-6-16(7-5-13)24-21(27)15(11-23)8-14-9-17(22)20(18(10-14)28-2)29-12-19(25)26/h4-10H,3,12H2,1-2H3,(H,24,27)(H,25,26)/b15-8+. The Labute approximate surface area is 173 Å². The Balaban J connectivity index is 2.26. The number of carboxylic acids is 1. The van der Waals surface area contributed by atoms with E-state index in [9.17, 15) is 14.9 Å². The second-order valence-electron chi connectivity index (χ2n) is 5.89. The molecule has 0 aliphatic carbocycles. The Morgan fingerprint density at radius 1 is 1.28 bits per heavy atom. The maximum atomic E-state index is 12.4. The van der Waals surface area contributed by atoms with Gasteiger partial charge in [-0.05, 0) is 47.9 Å². The second kappa shape index (κ2) is 10.2. The van der Waals surface area contributed by atoms with E-state index in [0.717, 1.165) is 12.0 Å². The summed E-state index contributed by atoms with van der Waals surface area (Å²) in [5.41, 5.74) is 1.98. The molecule has 0 saturated carbocycles. The van der Waals surface area contributed by atoms with Crippen molar-refractivity contribution in [3.8, 4) is 17.6 Å². The molecule has 0 radical (unpaired) electrons. The van der Waals surface area contributed by atoms with E-state index in [2.05, 4.69) is 5.32 Å². The fourth-order valence-electron chi connectivity index (χ4n) is 2.43. The number of aliphatic carboxylic acids is 1. The maximum Gasteiger partial charge on any atom is 0.341 e. The van der Waals surface area contributed by atoms with Gasteiger partial charge >= 0.3 is 5.97 Å². The average Bonchev–Trinajstić information content (AvgIpc) is 2.71. The summed E-state index contributed by atoms with van der Waals surface area (Å²) in [7, 11) is 1.37. The summed E-state index contributed by atoms with van der Waals surface area (Å²) < 4.78 is 10.3. The highest BCUT2D eigenvalue weighted by Gasteiger charge is 2.15. The number of carbonyl (C=O) groups is 2. The Hall–Kier alpha value is -3.50. The average molecular weight is 415 g/mol. The van der Waals surface area contributed by atoms with E-state index in [1.54, 1.807) is 12.1 Å². The van der Waals surface area contributed by atoms with Gasteiger partial charge in [0.15, 0.2) is 18.1 Å². The van der Waals surface area contributed by atoms with Gasteiger partial charge < -0.3 is 19.9 Å². The zero-order valence-electron chi connectivity index (χ0n) is 15.9. The Morgan fingerprint density at radius 2 is 1.97 bits per heavy atom. The second-order valence-corrected chi connectivity index (χ2v) is 6.30. The van der Waals surface area contributed by atoms with Crippen LogP contribution in [0.25, 0.3) is 6.08 Å². The van der Waals surface area contributed by atoms with Crippen LogP contribution in [0.15, 0.2) is 42.0 Å². The SMILES string of the molecule is CCc1ccc(NC(=O)/C(C#N)=C/c2cc(Cl)c(OCC(=O)O)c(OC)c2)cc1. The van der Waals surface area contributed by atoms with Crippen LogP contribution in [0.5, 0.6) is 11.5 Å². The summed E-state index contributed by atoms with van der Waals surface area (Å²) in [5, 5.41) is 20.9. The van der Waals surface area contributed by atoms with E-state index in [1.165, 1.54) is 25.3 Å². The number of halogens is 1. The number of carboxylic acid groups (broad SMARTS) is 1. The molecule has 8 heteroatoms. The lowest BCUT2D eigenvalue weighted by molar-refractivity contribution is -0.139. The molecule has 0 aromatic heterocycles. The Morgan fingerprint density at radius 3 is 2.52 bits per heavy atom. The van der Waals surface area contributed by atoms with Gasteiger partial charge in [-0.25, -0.2) is 4.79 Å². The summed E-state index contributed by atoms with van der Waals surface area (Å²) >= 11 is 6.15. The number of methoxy groups -OCH3 is 1. The minimum atomic E-state index is -1.16. The third-order valence-electron chi connectivity index (χ3n) is 3.89. The zero-order valence-corrected chi connectivity index (χ0v) is 16.6. The van der Waals surface area contributed by atoms with Crippen molar-refractivity contribution in [3.05, 3.63) is 58.1 Å². The lowest BCUT2D eigenvalue weighted by Gasteiger charge is -2.12. The van der Waals surface area contributed by atoms with Crippen LogP contribution >= 0.6 is 11.6 Å². The summed E-state index contributed by atoms with van der Waals surface area (Å²) in [4.78, 5) is 23.1. The molecule has 0 fully saturated rings. The number of nitrogens with zero attached hydrogens (tertiary/aromatic N) is 1. The third-order valence-corrected chi connectivity index (χ3v) is 4.17.